The fourth-order valence-corrected chi connectivity index (χ4v) is 2.78. The van der Waals surface area contributed by atoms with E-state index in [9.17, 15) is 0 Å². The zero-order valence-corrected chi connectivity index (χ0v) is 13.0. The topological polar surface area (TPSA) is 44.3 Å². The molecule has 1 N–H and O–H groups in total. The zero-order valence-electron chi connectivity index (χ0n) is 12.2. The van der Waals surface area contributed by atoms with Crippen molar-refractivity contribution in [3.63, 3.8) is 0 Å². The standard InChI is InChI=1S/C13H23N5S/c1-14-11-9-12(16-13(15-11)19-4)18-7-5-10(6-8-18)17(2)3/h9-10H,5-8H2,1-4H3,(H,14,15,16). The molecule has 2 heterocycles. The summed E-state index contributed by atoms with van der Waals surface area (Å²) < 4.78 is 0. The molecule has 0 spiro atoms. The first kappa shape index (κ1) is 14.4. The van der Waals surface area contributed by atoms with E-state index in [4.69, 9.17) is 0 Å². The summed E-state index contributed by atoms with van der Waals surface area (Å²) >= 11 is 1.58. The van der Waals surface area contributed by atoms with Crippen molar-refractivity contribution in [1.82, 2.24) is 14.9 Å². The van der Waals surface area contributed by atoms with Gasteiger partial charge >= 0.3 is 0 Å². The Kier molecular flexibility index (Phi) is 4.87. The number of nitrogens with one attached hydrogen (secondary N) is 1. The maximum Gasteiger partial charge on any atom is 0.191 e. The number of aromatic nitrogens is 2. The molecule has 1 aliphatic rings. The molecule has 0 radical (unpaired) electrons. The van der Waals surface area contributed by atoms with Gasteiger partial charge in [-0.1, -0.05) is 11.8 Å². The minimum atomic E-state index is 0.696. The Hall–Kier alpha value is -1.01. The largest absolute Gasteiger partial charge is 0.373 e. The lowest BCUT2D eigenvalue weighted by molar-refractivity contribution is 0.249. The van der Waals surface area contributed by atoms with Crippen LogP contribution in [-0.2, 0) is 0 Å². The van der Waals surface area contributed by atoms with Crippen LogP contribution in [0.1, 0.15) is 12.8 Å². The zero-order chi connectivity index (χ0) is 13.8. The Labute approximate surface area is 119 Å². The molecular formula is C13H23N5S. The Morgan fingerprint density at radius 2 is 2.00 bits per heavy atom. The normalized spacial score (nSPS) is 17.0. The second-order valence-corrected chi connectivity index (χ2v) is 5.80. The van der Waals surface area contributed by atoms with E-state index < -0.39 is 0 Å². The Morgan fingerprint density at radius 3 is 2.53 bits per heavy atom. The van der Waals surface area contributed by atoms with Gasteiger partial charge in [0.1, 0.15) is 11.6 Å². The van der Waals surface area contributed by atoms with Gasteiger partial charge in [-0.15, -0.1) is 0 Å². The number of hydrogen-bond donors (Lipinski definition) is 1. The molecule has 1 aliphatic heterocycles. The van der Waals surface area contributed by atoms with Crippen LogP contribution in [-0.4, -0.2) is 61.4 Å². The first-order valence-corrected chi connectivity index (χ1v) is 7.88. The highest BCUT2D eigenvalue weighted by Crippen LogP contribution is 2.24. The second-order valence-electron chi connectivity index (χ2n) is 5.03. The summed E-state index contributed by atoms with van der Waals surface area (Å²) in [5.74, 6) is 1.94. The minimum absolute atomic E-state index is 0.696. The van der Waals surface area contributed by atoms with Crippen LogP contribution in [0.3, 0.4) is 0 Å². The third kappa shape index (κ3) is 3.51. The molecule has 2 rings (SSSR count). The van der Waals surface area contributed by atoms with Gasteiger partial charge in [0.25, 0.3) is 0 Å². The van der Waals surface area contributed by atoms with Crippen molar-refractivity contribution >= 4 is 23.4 Å². The summed E-state index contributed by atoms with van der Waals surface area (Å²) in [6, 6.07) is 2.73. The SMILES string of the molecule is CNc1cc(N2CCC(N(C)C)CC2)nc(SC)n1. The molecular weight excluding hydrogens is 258 g/mol. The van der Waals surface area contributed by atoms with Crippen molar-refractivity contribution in [2.75, 3.05) is 50.7 Å². The lowest BCUT2D eigenvalue weighted by atomic mass is 10.0. The highest BCUT2D eigenvalue weighted by molar-refractivity contribution is 7.98. The molecule has 0 aliphatic carbocycles. The average Bonchev–Trinajstić information content (AvgIpc) is 2.46. The van der Waals surface area contributed by atoms with E-state index in [0.717, 1.165) is 29.9 Å². The van der Waals surface area contributed by atoms with Crippen molar-refractivity contribution in [2.45, 2.75) is 24.0 Å². The third-order valence-electron chi connectivity index (χ3n) is 3.65. The van der Waals surface area contributed by atoms with Crippen LogP contribution < -0.4 is 10.2 Å². The Balaban J connectivity index is 2.10. The predicted octanol–water partition coefficient (Wildman–Crippen LogP) is 1.77. The van der Waals surface area contributed by atoms with Gasteiger partial charge in [0.15, 0.2) is 5.16 Å². The Morgan fingerprint density at radius 1 is 1.32 bits per heavy atom. The number of piperidine rings is 1. The van der Waals surface area contributed by atoms with Crippen molar-refractivity contribution in [1.29, 1.82) is 0 Å². The van der Waals surface area contributed by atoms with Crippen molar-refractivity contribution < 1.29 is 0 Å². The molecule has 0 aromatic carbocycles. The molecule has 1 fully saturated rings. The highest BCUT2D eigenvalue weighted by atomic mass is 32.2. The molecule has 1 aromatic rings. The summed E-state index contributed by atoms with van der Waals surface area (Å²) in [4.78, 5) is 13.7. The lowest BCUT2D eigenvalue weighted by Crippen LogP contribution is -2.42. The number of anilines is 2. The summed E-state index contributed by atoms with van der Waals surface area (Å²) in [6.07, 6.45) is 4.40. The monoisotopic (exact) mass is 281 g/mol. The predicted molar refractivity (Wildman–Crippen MR) is 82.3 cm³/mol. The van der Waals surface area contributed by atoms with Gasteiger partial charge in [0, 0.05) is 32.2 Å². The number of thioether (sulfide) groups is 1. The Bertz CT molecular complexity index is 393. The summed E-state index contributed by atoms with van der Waals surface area (Å²) in [6.45, 7) is 2.13. The van der Waals surface area contributed by atoms with Gasteiger partial charge in [-0.3, -0.25) is 0 Å². The quantitative estimate of drug-likeness (QED) is 0.670. The van der Waals surface area contributed by atoms with E-state index in [-0.39, 0.29) is 0 Å². The third-order valence-corrected chi connectivity index (χ3v) is 4.20. The second kappa shape index (κ2) is 6.43. The molecule has 6 heteroatoms. The van der Waals surface area contributed by atoms with Gasteiger partial charge in [0.2, 0.25) is 0 Å². The van der Waals surface area contributed by atoms with Crippen molar-refractivity contribution in [3.8, 4) is 0 Å². The van der Waals surface area contributed by atoms with Gasteiger partial charge in [0.05, 0.1) is 0 Å². The minimum Gasteiger partial charge on any atom is -0.373 e. The van der Waals surface area contributed by atoms with Gasteiger partial charge in [-0.2, -0.15) is 0 Å². The average molecular weight is 281 g/mol. The first-order chi connectivity index (χ1) is 9.13. The van der Waals surface area contributed by atoms with E-state index in [0.29, 0.717) is 6.04 Å². The van der Waals surface area contributed by atoms with E-state index in [2.05, 4.69) is 39.2 Å². The van der Waals surface area contributed by atoms with E-state index >= 15 is 0 Å². The van der Waals surface area contributed by atoms with Crippen molar-refractivity contribution in [3.05, 3.63) is 6.07 Å². The van der Waals surface area contributed by atoms with Crippen LogP contribution in [0.4, 0.5) is 11.6 Å². The molecule has 0 atom stereocenters. The molecule has 0 amide bonds. The molecule has 1 saturated heterocycles. The maximum atomic E-state index is 4.62. The van der Waals surface area contributed by atoms with E-state index in [1.54, 1.807) is 11.8 Å². The fourth-order valence-electron chi connectivity index (χ4n) is 2.41. The lowest BCUT2D eigenvalue weighted by Gasteiger charge is -2.35. The van der Waals surface area contributed by atoms with Crippen LogP contribution in [0.2, 0.25) is 0 Å². The first-order valence-electron chi connectivity index (χ1n) is 6.66. The summed E-state index contributed by atoms with van der Waals surface area (Å²) in [5, 5.41) is 3.94. The molecule has 0 unspecified atom stereocenters. The molecule has 106 valence electrons. The molecule has 5 nitrogen and oxygen atoms in total. The smallest absolute Gasteiger partial charge is 0.191 e. The number of nitrogens with zero attached hydrogens (tertiary/aromatic N) is 4. The molecule has 1 aromatic heterocycles. The number of rotatable bonds is 4. The molecule has 0 bridgehead atoms. The van der Waals surface area contributed by atoms with Gasteiger partial charge < -0.3 is 15.1 Å². The highest BCUT2D eigenvalue weighted by Gasteiger charge is 2.22. The van der Waals surface area contributed by atoms with E-state index in [1.165, 1.54) is 12.8 Å². The fraction of sp³-hybridized carbons (Fsp3) is 0.692. The van der Waals surface area contributed by atoms with Crippen LogP contribution in [0.15, 0.2) is 11.2 Å². The molecule has 0 saturated carbocycles. The van der Waals surface area contributed by atoms with Gasteiger partial charge in [-0.05, 0) is 33.2 Å². The van der Waals surface area contributed by atoms with Crippen LogP contribution in [0, 0.1) is 0 Å². The van der Waals surface area contributed by atoms with Crippen LogP contribution in [0.25, 0.3) is 0 Å². The van der Waals surface area contributed by atoms with Crippen molar-refractivity contribution in [2.24, 2.45) is 0 Å². The number of hydrogen-bond acceptors (Lipinski definition) is 6. The molecule has 19 heavy (non-hydrogen) atoms. The maximum absolute atomic E-state index is 4.62. The van der Waals surface area contributed by atoms with Crippen LogP contribution >= 0.6 is 11.8 Å². The van der Waals surface area contributed by atoms with Crippen LogP contribution in [0.5, 0.6) is 0 Å². The summed E-state index contributed by atoms with van der Waals surface area (Å²) in [7, 11) is 6.22. The van der Waals surface area contributed by atoms with E-state index in [1.807, 2.05) is 19.4 Å². The summed E-state index contributed by atoms with van der Waals surface area (Å²) in [5.41, 5.74) is 0. The van der Waals surface area contributed by atoms with Gasteiger partial charge in [-0.25, -0.2) is 9.97 Å².